The van der Waals surface area contributed by atoms with E-state index in [1.165, 1.54) is 19.1 Å². The van der Waals surface area contributed by atoms with E-state index in [4.69, 9.17) is 0 Å². The summed E-state index contributed by atoms with van der Waals surface area (Å²) in [4.78, 5) is 28.5. The molecule has 0 saturated heterocycles. The first-order valence-corrected chi connectivity index (χ1v) is 7.59. The lowest BCUT2D eigenvalue weighted by Gasteiger charge is -1.99. The molecule has 0 unspecified atom stereocenters. The summed E-state index contributed by atoms with van der Waals surface area (Å²) in [7, 11) is 0. The molecule has 1 aromatic carbocycles. The highest BCUT2D eigenvalue weighted by atomic mass is 32.1. The summed E-state index contributed by atoms with van der Waals surface area (Å²) in [5.74, 6) is -0.124. The smallest absolute Gasteiger partial charge is 0.310 e. The Morgan fingerprint density at radius 3 is 2.83 bits per heavy atom. The number of rotatable bonds is 3. The van der Waals surface area contributed by atoms with Crippen molar-refractivity contribution in [2.45, 2.75) is 6.92 Å². The van der Waals surface area contributed by atoms with Crippen molar-refractivity contribution in [1.82, 2.24) is 15.2 Å². The fraction of sp³-hybridized carbons (Fsp3) is 0.0667. The molecule has 2 aromatic heterocycles. The predicted octanol–water partition coefficient (Wildman–Crippen LogP) is 2.17. The molecule has 3 aromatic rings. The SMILES string of the molecule is CC(=Nc1cc(-c2cccc(F)c2)[nH]n1)c1c(O)sc(=O)[nH]c1=O. The lowest BCUT2D eigenvalue weighted by Crippen LogP contribution is -2.22. The largest absolute Gasteiger partial charge is 0.499 e. The zero-order chi connectivity index (χ0) is 17.3. The molecule has 7 nitrogen and oxygen atoms in total. The molecule has 122 valence electrons. The molecular weight excluding hydrogens is 335 g/mol. The van der Waals surface area contributed by atoms with Gasteiger partial charge in [0, 0.05) is 11.6 Å². The number of hydrogen-bond acceptors (Lipinski definition) is 6. The Bertz CT molecular complexity index is 1050. The second-order valence-electron chi connectivity index (χ2n) is 4.87. The number of nitrogens with one attached hydrogen (secondary N) is 2. The van der Waals surface area contributed by atoms with Crippen LogP contribution >= 0.6 is 11.3 Å². The number of H-pyrrole nitrogens is 2. The van der Waals surface area contributed by atoms with Gasteiger partial charge < -0.3 is 5.11 Å². The van der Waals surface area contributed by atoms with Gasteiger partial charge in [-0.15, -0.1) is 0 Å². The van der Waals surface area contributed by atoms with E-state index in [1.54, 1.807) is 18.2 Å². The minimum Gasteiger partial charge on any atom is -0.499 e. The number of aromatic amines is 2. The molecule has 0 spiro atoms. The number of aromatic nitrogens is 3. The molecule has 0 aliphatic heterocycles. The summed E-state index contributed by atoms with van der Waals surface area (Å²) in [6.45, 7) is 1.51. The quantitative estimate of drug-likeness (QED) is 0.631. The summed E-state index contributed by atoms with van der Waals surface area (Å²) in [5.41, 5.74) is 0.535. The predicted molar refractivity (Wildman–Crippen MR) is 88.7 cm³/mol. The second-order valence-corrected chi connectivity index (χ2v) is 5.83. The second kappa shape index (κ2) is 6.20. The number of halogens is 1. The Kier molecular flexibility index (Phi) is 4.09. The van der Waals surface area contributed by atoms with Gasteiger partial charge in [-0.1, -0.05) is 12.1 Å². The van der Waals surface area contributed by atoms with Gasteiger partial charge in [0.1, 0.15) is 11.4 Å². The van der Waals surface area contributed by atoms with Gasteiger partial charge in [0.25, 0.3) is 5.56 Å². The van der Waals surface area contributed by atoms with Crippen LogP contribution in [0.1, 0.15) is 12.5 Å². The highest BCUT2D eigenvalue weighted by Crippen LogP contribution is 2.23. The summed E-state index contributed by atoms with van der Waals surface area (Å²) in [6, 6.07) is 7.54. The molecule has 0 fully saturated rings. The molecular formula is C15H11FN4O3S. The monoisotopic (exact) mass is 346 g/mol. The van der Waals surface area contributed by atoms with Crippen LogP contribution in [0.15, 0.2) is 44.9 Å². The van der Waals surface area contributed by atoms with Crippen LogP contribution in [-0.4, -0.2) is 26.0 Å². The van der Waals surface area contributed by atoms with Crippen molar-refractivity contribution in [2.24, 2.45) is 4.99 Å². The Morgan fingerprint density at radius 2 is 2.12 bits per heavy atom. The maximum atomic E-state index is 13.3. The van der Waals surface area contributed by atoms with Crippen LogP contribution in [0.3, 0.4) is 0 Å². The topological polar surface area (TPSA) is 111 Å². The third kappa shape index (κ3) is 3.15. The van der Waals surface area contributed by atoms with Gasteiger partial charge in [-0.05, 0) is 30.4 Å². The summed E-state index contributed by atoms with van der Waals surface area (Å²) in [6.07, 6.45) is 0. The van der Waals surface area contributed by atoms with Crippen LogP contribution in [0.2, 0.25) is 0 Å². The minimum absolute atomic E-state index is 0.0881. The van der Waals surface area contributed by atoms with E-state index in [9.17, 15) is 19.1 Å². The zero-order valence-electron chi connectivity index (χ0n) is 12.3. The Hall–Kier alpha value is -3.07. The van der Waals surface area contributed by atoms with E-state index in [-0.39, 0.29) is 22.9 Å². The fourth-order valence-corrected chi connectivity index (χ4v) is 2.80. The molecule has 2 heterocycles. The Labute approximate surface area is 138 Å². The summed E-state index contributed by atoms with van der Waals surface area (Å²) >= 11 is 0.509. The highest BCUT2D eigenvalue weighted by Gasteiger charge is 2.13. The van der Waals surface area contributed by atoms with Crippen LogP contribution in [0.4, 0.5) is 10.2 Å². The van der Waals surface area contributed by atoms with Gasteiger partial charge >= 0.3 is 4.87 Å². The normalized spacial score (nSPS) is 11.7. The number of aliphatic imine (C=N–C) groups is 1. The molecule has 24 heavy (non-hydrogen) atoms. The fourth-order valence-electron chi connectivity index (χ4n) is 2.14. The van der Waals surface area contributed by atoms with Crippen molar-refractivity contribution in [3.63, 3.8) is 0 Å². The lowest BCUT2D eigenvalue weighted by molar-refractivity contribution is 0.487. The van der Waals surface area contributed by atoms with Crippen LogP contribution in [0.25, 0.3) is 11.3 Å². The van der Waals surface area contributed by atoms with Gasteiger partial charge in [0.05, 0.1) is 11.4 Å². The van der Waals surface area contributed by atoms with E-state index >= 15 is 0 Å². The van der Waals surface area contributed by atoms with Crippen LogP contribution in [-0.2, 0) is 0 Å². The van der Waals surface area contributed by atoms with Gasteiger partial charge in [0.15, 0.2) is 10.9 Å². The number of benzene rings is 1. The van der Waals surface area contributed by atoms with Gasteiger partial charge in [-0.2, -0.15) is 5.10 Å². The zero-order valence-corrected chi connectivity index (χ0v) is 13.1. The Morgan fingerprint density at radius 1 is 1.33 bits per heavy atom. The average Bonchev–Trinajstić information content (AvgIpc) is 2.94. The average molecular weight is 346 g/mol. The van der Waals surface area contributed by atoms with Gasteiger partial charge in [-0.25, -0.2) is 9.38 Å². The maximum Gasteiger partial charge on any atom is 0.310 e. The minimum atomic E-state index is -0.724. The molecule has 0 saturated carbocycles. The van der Waals surface area contributed by atoms with E-state index in [0.29, 0.717) is 22.6 Å². The van der Waals surface area contributed by atoms with E-state index < -0.39 is 15.5 Å². The van der Waals surface area contributed by atoms with E-state index in [1.807, 2.05) is 0 Å². The molecule has 3 N–H and O–H groups in total. The number of nitrogens with zero attached hydrogens (tertiary/aromatic N) is 2. The third-order valence-corrected chi connectivity index (χ3v) is 3.87. The number of hydrogen-bond donors (Lipinski definition) is 3. The van der Waals surface area contributed by atoms with E-state index in [0.717, 1.165) is 0 Å². The molecule has 0 amide bonds. The van der Waals surface area contributed by atoms with Crippen LogP contribution < -0.4 is 10.4 Å². The summed E-state index contributed by atoms with van der Waals surface area (Å²) in [5, 5.41) is 16.1. The van der Waals surface area contributed by atoms with Crippen molar-refractivity contribution >= 4 is 22.9 Å². The first-order valence-electron chi connectivity index (χ1n) is 6.77. The number of aromatic hydroxyl groups is 1. The molecule has 9 heteroatoms. The van der Waals surface area contributed by atoms with Crippen molar-refractivity contribution in [3.05, 3.63) is 61.7 Å². The highest BCUT2D eigenvalue weighted by molar-refractivity contribution is 7.11. The Balaban J connectivity index is 1.98. The lowest BCUT2D eigenvalue weighted by atomic mass is 10.1. The maximum absolute atomic E-state index is 13.3. The van der Waals surface area contributed by atoms with Crippen molar-refractivity contribution in [2.75, 3.05) is 0 Å². The van der Waals surface area contributed by atoms with Gasteiger partial charge in [-0.3, -0.25) is 19.7 Å². The molecule has 0 aliphatic rings. The van der Waals surface area contributed by atoms with Crippen LogP contribution in [0.5, 0.6) is 5.06 Å². The first kappa shape index (κ1) is 15.8. The van der Waals surface area contributed by atoms with Gasteiger partial charge in [0.2, 0.25) is 0 Å². The van der Waals surface area contributed by atoms with Crippen molar-refractivity contribution in [3.8, 4) is 16.3 Å². The standard InChI is InChI=1S/C15H11FN4O3S/c1-7(12-13(21)18-15(23)24-14(12)22)17-11-6-10(19-20-11)8-3-2-4-9(16)5-8/h2-6,22H,1H3,(H,19,20)(H,18,21,23). The molecule has 0 radical (unpaired) electrons. The first-order chi connectivity index (χ1) is 11.4. The van der Waals surface area contributed by atoms with Crippen molar-refractivity contribution in [1.29, 1.82) is 0 Å². The summed E-state index contributed by atoms with van der Waals surface area (Å²) < 4.78 is 13.3. The molecule has 3 rings (SSSR count). The van der Waals surface area contributed by atoms with Crippen molar-refractivity contribution < 1.29 is 9.50 Å². The molecule has 0 bridgehead atoms. The third-order valence-electron chi connectivity index (χ3n) is 3.19. The van der Waals surface area contributed by atoms with E-state index in [2.05, 4.69) is 20.2 Å². The molecule has 0 aliphatic carbocycles. The molecule has 0 atom stereocenters. The van der Waals surface area contributed by atoms with Crippen LogP contribution in [0, 0.1) is 5.82 Å².